The summed E-state index contributed by atoms with van der Waals surface area (Å²) in [7, 11) is -0.431. The summed E-state index contributed by atoms with van der Waals surface area (Å²) in [4.78, 5) is 20.3. The molecule has 0 unspecified atom stereocenters. The second-order valence-corrected chi connectivity index (χ2v) is 19.9. The van der Waals surface area contributed by atoms with Crippen molar-refractivity contribution in [1.29, 1.82) is 0 Å². The van der Waals surface area contributed by atoms with E-state index in [4.69, 9.17) is 9.97 Å². The number of benzene rings is 3. The summed E-state index contributed by atoms with van der Waals surface area (Å²) in [5, 5.41) is 14.1. The molecule has 2 fully saturated rings. The number of imidazole rings is 2. The first kappa shape index (κ1) is 41.2. The second-order valence-electron chi connectivity index (χ2n) is 18.0. The van der Waals surface area contributed by atoms with Crippen molar-refractivity contribution in [2.45, 2.75) is 135 Å². The van der Waals surface area contributed by atoms with Crippen LogP contribution in [0.3, 0.4) is 0 Å². The number of anilines is 2. The topological polar surface area (TPSA) is 128 Å². The van der Waals surface area contributed by atoms with Gasteiger partial charge in [-0.25, -0.2) is 18.4 Å². The lowest BCUT2D eigenvalue weighted by Gasteiger charge is -2.26. The lowest BCUT2D eigenvalue weighted by molar-refractivity contribution is -0.384. The molecule has 1 N–H and O–H groups in total. The Hall–Kier alpha value is -4.45. The molecular formula is C44H61N7O4S. The zero-order valence-electron chi connectivity index (χ0n) is 34.6. The smallest absolute Gasteiger partial charge is 0.269 e. The number of sulfonamides is 1. The van der Waals surface area contributed by atoms with Gasteiger partial charge in [0.15, 0.2) is 0 Å². The van der Waals surface area contributed by atoms with Gasteiger partial charge in [0.05, 0.1) is 37.6 Å². The summed E-state index contributed by atoms with van der Waals surface area (Å²) in [6.45, 7) is 15.3. The fourth-order valence-corrected chi connectivity index (χ4v) is 9.59. The molecule has 302 valence electrons. The summed E-state index contributed by atoms with van der Waals surface area (Å²) < 4.78 is 32.4. The van der Waals surface area contributed by atoms with Crippen LogP contribution in [0.1, 0.15) is 117 Å². The van der Waals surface area contributed by atoms with E-state index in [2.05, 4.69) is 74.2 Å². The molecule has 11 nitrogen and oxygen atoms in total. The van der Waals surface area contributed by atoms with Gasteiger partial charge in [-0.3, -0.25) is 14.4 Å². The van der Waals surface area contributed by atoms with Crippen LogP contribution in [0.5, 0.6) is 0 Å². The Labute approximate surface area is 333 Å². The van der Waals surface area contributed by atoms with Crippen LogP contribution < -0.4 is 9.62 Å². The van der Waals surface area contributed by atoms with Gasteiger partial charge in [0.25, 0.3) is 15.7 Å². The van der Waals surface area contributed by atoms with Crippen LogP contribution in [-0.4, -0.2) is 46.5 Å². The Morgan fingerprint density at radius 1 is 0.732 bits per heavy atom. The molecule has 56 heavy (non-hydrogen) atoms. The third kappa shape index (κ3) is 9.06. The number of rotatable bonds is 9. The van der Waals surface area contributed by atoms with Crippen molar-refractivity contribution in [3.05, 3.63) is 82.4 Å². The minimum atomic E-state index is -3.88. The number of hydrogen-bond acceptors (Lipinski definition) is 7. The van der Waals surface area contributed by atoms with E-state index >= 15 is 0 Å². The summed E-state index contributed by atoms with van der Waals surface area (Å²) in [5.74, 6) is 3.68. The molecule has 0 spiro atoms. The molecule has 2 aliphatic carbocycles. The zero-order valence-corrected chi connectivity index (χ0v) is 35.5. The lowest BCUT2D eigenvalue weighted by atomic mass is 9.88. The molecule has 3 aromatic carbocycles. The quantitative estimate of drug-likeness (QED) is 0.116. The van der Waals surface area contributed by atoms with Crippen LogP contribution in [-0.2, 0) is 33.9 Å². The van der Waals surface area contributed by atoms with E-state index in [1.54, 1.807) is 6.07 Å². The first-order chi connectivity index (χ1) is 26.5. The maximum Gasteiger partial charge on any atom is 0.269 e. The van der Waals surface area contributed by atoms with Crippen molar-refractivity contribution >= 4 is 49.2 Å². The van der Waals surface area contributed by atoms with Gasteiger partial charge in [-0.15, -0.1) is 0 Å². The van der Waals surface area contributed by atoms with Crippen molar-refractivity contribution < 1.29 is 13.3 Å². The van der Waals surface area contributed by atoms with Crippen molar-refractivity contribution in [3.63, 3.8) is 0 Å². The molecule has 7 rings (SSSR count). The van der Waals surface area contributed by atoms with Gasteiger partial charge in [0.2, 0.25) is 0 Å². The van der Waals surface area contributed by atoms with Crippen molar-refractivity contribution in [2.75, 3.05) is 23.7 Å². The Kier molecular flexibility index (Phi) is 12.2. The van der Waals surface area contributed by atoms with Crippen LogP contribution in [0, 0.1) is 22.0 Å². The summed E-state index contributed by atoms with van der Waals surface area (Å²) in [6, 6.07) is 17.1. The van der Waals surface area contributed by atoms with Gasteiger partial charge in [-0.05, 0) is 86.1 Å². The molecule has 2 aliphatic rings. The average molecular weight is 784 g/mol. The fraction of sp³-hybridized carbons (Fsp3) is 0.545. The molecule has 2 aromatic heterocycles. The minimum Gasteiger partial charge on any atom is -0.388 e. The Morgan fingerprint density at radius 2 is 1.20 bits per heavy atom. The predicted octanol–water partition coefficient (Wildman–Crippen LogP) is 10.6. The standard InChI is InChI=1S/C25H32N4O4S.C19H29N3/c1-25(2,3)24-26-22-16-20(12-15-23(22)28(24)17-18-8-6-5-7-9-18)27(4)34(32,33)21-13-10-19(11-14-21)29(30)31;1-19(2,3)18-21-16-12-15(20-4)10-11-17(16)22(18)13-14-8-6-5-7-9-14/h10-16,18H,5-9,17H2,1-4H3;10-12,14,20H,5-9,13H2,1-4H3. The zero-order chi connectivity index (χ0) is 40.4. The normalized spacial score (nSPS) is 16.1. The van der Waals surface area contributed by atoms with Gasteiger partial charge < -0.3 is 14.5 Å². The second kappa shape index (κ2) is 16.6. The Bertz CT molecular complexity index is 2250. The number of non-ortho nitro benzene ring substituents is 1. The highest BCUT2D eigenvalue weighted by Crippen LogP contribution is 2.35. The van der Waals surface area contributed by atoms with Gasteiger partial charge in [-0.1, -0.05) is 80.1 Å². The van der Waals surface area contributed by atoms with Gasteiger partial charge in [0, 0.05) is 55.8 Å². The minimum absolute atomic E-state index is 0.00101. The third-order valence-electron chi connectivity index (χ3n) is 11.5. The molecule has 2 saturated carbocycles. The Morgan fingerprint density at radius 3 is 1.64 bits per heavy atom. The van der Waals surface area contributed by atoms with Gasteiger partial charge in [-0.2, -0.15) is 0 Å². The Balaban J connectivity index is 0.000000208. The van der Waals surface area contributed by atoms with Crippen LogP contribution in [0.4, 0.5) is 17.1 Å². The highest BCUT2D eigenvalue weighted by molar-refractivity contribution is 7.92. The van der Waals surface area contributed by atoms with E-state index in [1.807, 2.05) is 19.2 Å². The highest BCUT2D eigenvalue weighted by Gasteiger charge is 2.28. The average Bonchev–Trinajstić information content (AvgIpc) is 3.73. The highest BCUT2D eigenvalue weighted by atomic mass is 32.2. The third-order valence-corrected chi connectivity index (χ3v) is 13.3. The monoisotopic (exact) mass is 783 g/mol. The molecule has 0 amide bonds. The molecule has 0 radical (unpaired) electrons. The number of nitrogens with one attached hydrogen (secondary N) is 1. The maximum atomic E-state index is 13.2. The molecular weight excluding hydrogens is 723 g/mol. The fourth-order valence-electron chi connectivity index (χ4n) is 8.41. The van der Waals surface area contributed by atoms with E-state index in [0.717, 1.165) is 47.1 Å². The van der Waals surface area contributed by atoms with Crippen LogP contribution in [0.25, 0.3) is 22.1 Å². The number of nitro groups is 1. The molecule has 2 heterocycles. The van der Waals surface area contributed by atoms with E-state index < -0.39 is 14.9 Å². The van der Waals surface area contributed by atoms with Crippen molar-refractivity contribution in [3.8, 4) is 0 Å². The van der Waals surface area contributed by atoms with Gasteiger partial charge >= 0.3 is 0 Å². The van der Waals surface area contributed by atoms with E-state index in [9.17, 15) is 18.5 Å². The molecule has 0 bridgehead atoms. The summed E-state index contributed by atoms with van der Waals surface area (Å²) in [5.41, 5.74) is 5.59. The van der Waals surface area contributed by atoms with E-state index in [-0.39, 0.29) is 21.4 Å². The molecule has 0 atom stereocenters. The molecule has 12 heteroatoms. The molecule has 0 aliphatic heterocycles. The first-order valence-electron chi connectivity index (χ1n) is 20.4. The number of nitrogens with zero attached hydrogens (tertiary/aromatic N) is 6. The van der Waals surface area contributed by atoms with Crippen LogP contribution >= 0.6 is 0 Å². The predicted molar refractivity (Wildman–Crippen MR) is 228 cm³/mol. The maximum absolute atomic E-state index is 13.2. The number of nitro benzene ring substituents is 1. The van der Waals surface area contributed by atoms with Gasteiger partial charge in [0.1, 0.15) is 11.6 Å². The van der Waals surface area contributed by atoms with Crippen LogP contribution in [0.2, 0.25) is 0 Å². The van der Waals surface area contributed by atoms with Crippen molar-refractivity contribution in [2.24, 2.45) is 11.8 Å². The molecule has 5 aromatic rings. The summed E-state index contributed by atoms with van der Waals surface area (Å²) in [6.07, 6.45) is 13.3. The van der Waals surface area contributed by atoms with E-state index in [1.165, 1.54) is 111 Å². The number of fused-ring (bicyclic) bond motifs is 2. The SMILES string of the molecule is CN(c1ccc2c(c1)nc(C(C)(C)C)n2CC1CCCCC1)S(=O)(=O)c1ccc([N+](=O)[O-])cc1.CNc1ccc2c(c1)nc(C(C)(C)C)n2CC1CCCCC1. The largest absolute Gasteiger partial charge is 0.388 e. The van der Waals surface area contributed by atoms with Crippen molar-refractivity contribution in [1.82, 2.24) is 19.1 Å². The lowest BCUT2D eigenvalue weighted by Crippen LogP contribution is -2.26. The van der Waals surface area contributed by atoms with E-state index in [0.29, 0.717) is 11.6 Å². The first-order valence-corrected chi connectivity index (χ1v) is 21.8. The summed E-state index contributed by atoms with van der Waals surface area (Å²) >= 11 is 0. The number of aromatic nitrogens is 4. The van der Waals surface area contributed by atoms with Crippen LogP contribution in [0.15, 0.2) is 65.6 Å². The molecule has 0 saturated heterocycles. The number of hydrogen-bond donors (Lipinski definition) is 1.